The Morgan fingerprint density at radius 2 is 2.06 bits per heavy atom. The molecular formula is C12H25N3O. The lowest BCUT2D eigenvalue weighted by atomic mass is 9.76. The summed E-state index contributed by atoms with van der Waals surface area (Å²) in [7, 11) is 0. The Hall–Kier alpha value is -0.770. The molecule has 0 aromatic rings. The summed E-state index contributed by atoms with van der Waals surface area (Å²) in [5, 5.41) is 15.0. The molecule has 1 aliphatic carbocycles. The van der Waals surface area contributed by atoms with Gasteiger partial charge in [-0.1, -0.05) is 38.3 Å². The van der Waals surface area contributed by atoms with Crippen molar-refractivity contribution in [3.8, 4) is 0 Å². The van der Waals surface area contributed by atoms with Crippen LogP contribution in [-0.2, 0) is 0 Å². The maximum absolute atomic E-state index is 8.54. The number of nitrogens with one attached hydrogen (secondary N) is 1. The second kappa shape index (κ2) is 6.09. The molecule has 4 nitrogen and oxygen atoms in total. The largest absolute Gasteiger partial charge is 0.409 e. The highest BCUT2D eigenvalue weighted by Gasteiger charge is 2.26. The number of oxime groups is 1. The van der Waals surface area contributed by atoms with Gasteiger partial charge in [-0.05, 0) is 18.3 Å². The number of nitrogens with two attached hydrogens (primary N) is 1. The molecule has 4 N–H and O–H groups in total. The van der Waals surface area contributed by atoms with Crippen LogP contribution < -0.4 is 11.1 Å². The molecule has 0 bridgehead atoms. The lowest BCUT2D eigenvalue weighted by Gasteiger charge is -2.34. The second-order valence-electron chi connectivity index (χ2n) is 5.43. The maximum atomic E-state index is 8.54. The summed E-state index contributed by atoms with van der Waals surface area (Å²) in [6.45, 7) is 6.14. The van der Waals surface area contributed by atoms with E-state index in [2.05, 4.69) is 17.4 Å². The zero-order valence-electron chi connectivity index (χ0n) is 10.5. The second-order valence-corrected chi connectivity index (χ2v) is 5.43. The summed E-state index contributed by atoms with van der Waals surface area (Å²) in [5.41, 5.74) is 5.98. The van der Waals surface area contributed by atoms with E-state index in [9.17, 15) is 0 Å². The predicted octanol–water partition coefficient (Wildman–Crippen LogP) is 1.93. The molecule has 16 heavy (non-hydrogen) atoms. The van der Waals surface area contributed by atoms with E-state index in [4.69, 9.17) is 10.9 Å². The maximum Gasteiger partial charge on any atom is 0.143 e. The van der Waals surface area contributed by atoms with Crippen molar-refractivity contribution in [1.29, 1.82) is 0 Å². The van der Waals surface area contributed by atoms with Crippen LogP contribution in [-0.4, -0.2) is 24.1 Å². The molecule has 4 heteroatoms. The molecule has 1 fully saturated rings. The monoisotopic (exact) mass is 227 g/mol. The van der Waals surface area contributed by atoms with Gasteiger partial charge in [-0.3, -0.25) is 0 Å². The Kier molecular flexibility index (Phi) is 5.06. The fourth-order valence-electron chi connectivity index (χ4n) is 2.38. The molecule has 0 aromatic carbocycles. The van der Waals surface area contributed by atoms with Crippen LogP contribution in [0.4, 0.5) is 0 Å². The van der Waals surface area contributed by atoms with Crippen molar-refractivity contribution < 1.29 is 5.21 Å². The average molecular weight is 227 g/mol. The van der Waals surface area contributed by atoms with E-state index in [1.54, 1.807) is 0 Å². The van der Waals surface area contributed by atoms with Gasteiger partial charge in [0.2, 0.25) is 0 Å². The van der Waals surface area contributed by atoms with Crippen LogP contribution in [0, 0.1) is 11.3 Å². The molecule has 0 aliphatic heterocycles. The molecule has 0 heterocycles. The summed E-state index contributed by atoms with van der Waals surface area (Å²) in [5.74, 6) is 0.401. The van der Waals surface area contributed by atoms with E-state index in [-0.39, 0.29) is 5.92 Å². The van der Waals surface area contributed by atoms with Gasteiger partial charge in [-0.2, -0.15) is 0 Å². The Morgan fingerprint density at radius 1 is 1.44 bits per heavy atom. The van der Waals surface area contributed by atoms with Gasteiger partial charge in [-0.25, -0.2) is 0 Å². The van der Waals surface area contributed by atoms with Crippen molar-refractivity contribution in [2.75, 3.05) is 13.1 Å². The van der Waals surface area contributed by atoms with Crippen molar-refractivity contribution in [2.45, 2.75) is 46.0 Å². The average Bonchev–Trinajstić information content (AvgIpc) is 2.28. The summed E-state index contributed by atoms with van der Waals surface area (Å²) in [6, 6.07) is 0. The molecule has 0 saturated heterocycles. The molecule has 94 valence electrons. The fourth-order valence-corrected chi connectivity index (χ4v) is 2.38. The van der Waals surface area contributed by atoms with Crippen molar-refractivity contribution >= 4 is 5.84 Å². The van der Waals surface area contributed by atoms with Crippen LogP contribution in [0.3, 0.4) is 0 Å². The first-order valence-corrected chi connectivity index (χ1v) is 6.25. The third-order valence-corrected chi connectivity index (χ3v) is 3.68. The SMILES string of the molecule is CC(CNCC1(C)CCCCC1)C(N)=NO. The van der Waals surface area contributed by atoms with E-state index in [1.165, 1.54) is 32.1 Å². The molecule has 0 spiro atoms. The smallest absolute Gasteiger partial charge is 0.143 e. The van der Waals surface area contributed by atoms with Gasteiger partial charge >= 0.3 is 0 Å². The highest BCUT2D eigenvalue weighted by atomic mass is 16.4. The Bertz CT molecular complexity index is 234. The van der Waals surface area contributed by atoms with Gasteiger partial charge in [0.1, 0.15) is 5.84 Å². The first-order valence-electron chi connectivity index (χ1n) is 6.25. The van der Waals surface area contributed by atoms with Crippen molar-refractivity contribution in [3.63, 3.8) is 0 Å². The van der Waals surface area contributed by atoms with Gasteiger partial charge in [0.05, 0.1) is 0 Å². The van der Waals surface area contributed by atoms with Gasteiger partial charge in [0, 0.05) is 19.0 Å². The van der Waals surface area contributed by atoms with Crippen LogP contribution in [0.15, 0.2) is 5.16 Å². The van der Waals surface area contributed by atoms with E-state index < -0.39 is 0 Å². The van der Waals surface area contributed by atoms with Crippen LogP contribution >= 0.6 is 0 Å². The Labute approximate surface area is 98.3 Å². The van der Waals surface area contributed by atoms with Gasteiger partial charge in [-0.15, -0.1) is 0 Å². The summed E-state index contributed by atoms with van der Waals surface area (Å²) < 4.78 is 0. The number of hydrogen-bond acceptors (Lipinski definition) is 3. The fraction of sp³-hybridized carbons (Fsp3) is 0.917. The van der Waals surface area contributed by atoms with Gasteiger partial charge in [0.15, 0.2) is 0 Å². The molecule has 0 amide bonds. The van der Waals surface area contributed by atoms with E-state index in [0.29, 0.717) is 11.3 Å². The quantitative estimate of drug-likeness (QED) is 0.291. The van der Waals surface area contributed by atoms with E-state index >= 15 is 0 Å². The van der Waals surface area contributed by atoms with Crippen LogP contribution in [0.5, 0.6) is 0 Å². The minimum atomic E-state index is 0.0946. The molecule has 0 aromatic heterocycles. The highest BCUT2D eigenvalue weighted by molar-refractivity contribution is 5.82. The Balaban J connectivity index is 2.24. The standard InChI is InChI=1S/C12H25N3O/c1-10(11(13)15-16)8-14-9-12(2)6-4-3-5-7-12/h10,14,16H,3-9H2,1-2H3,(H2,13,15). The molecule has 1 unspecified atom stereocenters. The number of hydrogen-bond donors (Lipinski definition) is 3. The first-order chi connectivity index (χ1) is 7.57. The number of rotatable bonds is 5. The van der Waals surface area contributed by atoms with E-state index in [1.807, 2.05) is 6.92 Å². The van der Waals surface area contributed by atoms with Crippen LogP contribution in [0.25, 0.3) is 0 Å². The number of nitrogens with zero attached hydrogens (tertiary/aromatic N) is 1. The molecule has 1 rings (SSSR count). The topological polar surface area (TPSA) is 70.6 Å². The number of amidine groups is 1. The lowest BCUT2D eigenvalue weighted by molar-refractivity contribution is 0.207. The normalized spacial score (nSPS) is 23.0. The van der Waals surface area contributed by atoms with E-state index in [0.717, 1.165) is 13.1 Å². The minimum Gasteiger partial charge on any atom is -0.409 e. The summed E-state index contributed by atoms with van der Waals surface area (Å²) in [4.78, 5) is 0. The van der Waals surface area contributed by atoms with Crippen LogP contribution in [0.1, 0.15) is 46.0 Å². The molecule has 1 atom stereocenters. The zero-order chi connectivity index (χ0) is 12.0. The van der Waals surface area contributed by atoms with Crippen molar-refractivity contribution in [1.82, 2.24) is 5.32 Å². The first kappa shape index (κ1) is 13.3. The zero-order valence-corrected chi connectivity index (χ0v) is 10.5. The summed E-state index contributed by atoms with van der Waals surface area (Å²) >= 11 is 0. The van der Waals surface area contributed by atoms with Gasteiger partial charge < -0.3 is 16.3 Å². The van der Waals surface area contributed by atoms with Crippen molar-refractivity contribution in [3.05, 3.63) is 0 Å². The molecule has 0 radical (unpaired) electrons. The minimum absolute atomic E-state index is 0.0946. The molecular weight excluding hydrogens is 202 g/mol. The Morgan fingerprint density at radius 3 is 2.62 bits per heavy atom. The molecule has 1 saturated carbocycles. The summed E-state index contributed by atoms with van der Waals surface area (Å²) in [6.07, 6.45) is 6.73. The third kappa shape index (κ3) is 4.00. The molecule has 1 aliphatic rings. The third-order valence-electron chi connectivity index (χ3n) is 3.68. The lowest BCUT2D eigenvalue weighted by Crippen LogP contribution is -2.38. The van der Waals surface area contributed by atoms with Gasteiger partial charge in [0.25, 0.3) is 0 Å². The highest BCUT2D eigenvalue weighted by Crippen LogP contribution is 2.34. The van der Waals surface area contributed by atoms with Crippen LogP contribution in [0.2, 0.25) is 0 Å². The van der Waals surface area contributed by atoms with Crippen molar-refractivity contribution in [2.24, 2.45) is 22.2 Å². The predicted molar refractivity (Wildman–Crippen MR) is 66.6 cm³/mol.